The van der Waals surface area contributed by atoms with Crippen LogP contribution in [0.15, 0.2) is 60.8 Å². The summed E-state index contributed by atoms with van der Waals surface area (Å²) < 4.78 is 16.0. The second-order valence-corrected chi connectivity index (χ2v) is 17.8. The minimum atomic E-state index is -1.93. The summed E-state index contributed by atoms with van der Waals surface area (Å²) in [7, 11) is 0. The van der Waals surface area contributed by atoms with Gasteiger partial charge >= 0.3 is 146 Å². The molecule has 0 N–H and O–H groups in total. The number of aryl methyl sites for hydroxylation is 1. The monoisotopic (exact) mass is 381 g/mol. The van der Waals surface area contributed by atoms with Crippen molar-refractivity contribution in [2.45, 2.75) is 24.2 Å². The van der Waals surface area contributed by atoms with Gasteiger partial charge in [0.15, 0.2) is 0 Å². The van der Waals surface area contributed by atoms with Gasteiger partial charge in [0.25, 0.3) is 0 Å². The Balaban J connectivity index is 2.00. The maximum atomic E-state index is 14.7. The van der Waals surface area contributed by atoms with Crippen molar-refractivity contribution in [2.24, 2.45) is 0 Å². The average molecular weight is 380 g/mol. The van der Waals surface area contributed by atoms with Gasteiger partial charge in [0.1, 0.15) is 0 Å². The Hall–Kier alpha value is -1.94. The number of benzene rings is 2. The first-order chi connectivity index (χ1) is 11.4. The van der Waals surface area contributed by atoms with E-state index in [0.29, 0.717) is 11.3 Å². The summed E-state index contributed by atoms with van der Waals surface area (Å²) in [5.41, 5.74) is 4.39. The number of hydrogen-bond donors (Lipinski definition) is 0. The Morgan fingerprint density at radius 3 is 2.17 bits per heavy atom. The predicted octanol–water partition coefficient (Wildman–Crippen LogP) is 5.41. The molecule has 0 saturated heterocycles. The molecule has 0 saturated carbocycles. The van der Waals surface area contributed by atoms with Crippen LogP contribution in [0.4, 0.5) is 4.39 Å². The second-order valence-electron chi connectivity index (χ2n) is 7.20. The first-order valence-corrected chi connectivity index (χ1v) is 15.5. The van der Waals surface area contributed by atoms with Crippen molar-refractivity contribution >= 4 is 17.7 Å². The van der Waals surface area contributed by atoms with Crippen LogP contribution in [0.3, 0.4) is 0 Å². The van der Waals surface area contributed by atoms with Crippen molar-refractivity contribution in [3.8, 4) is 22.4 Å². The normalized spacial score (nSPS) is 11.5. The van der Waals surface area contributed by atoms with Gasteiger partial charge in [0, 0.05) is 0 Å². The van der Waals surface area contributed by atoms with E-state index in [1.165, 1.54) is 9.96 Å². The molecule has 1 aromatic heterocycles. The van der Waals surface area contributed by atoms with Crippen molar-refractivity contribution in [3.63, 3.8) is 0 Å². The van der Waals surface area contributed by atoms with E-state index in [1.807, 2.05) is 54.7 Å². The number of aromatic nitrogens is 1. The zero-order valence-corrected chi connectivity index (χ0v) is 16.7. The first-order valence-electron chi connectivity index (χ1n) is 8.19. The van der Waals surface area contributed by atoms with Crippen LogP contribution in [0, 0.1) is 12.7 Å². The van der Waals surface area contributed by atoms with E-state index in [4.69, 9.17) is 0 Å². The fraction of sp³-hybridized carbons (Fsp3) is 0.190. The number of halogens is 1. The number of pyridine rings is 1. The molecular weight excluding hydrogens is 358 g/mol. The molecule has 1 heterocycles. The van der Waals surface area contributed by atoms with Gasteiger partial charge in [0.2, 0.25) is 0 Å². The number of nitrogens with zero attached hydrogens (tertiary/aromatic N) is 1. The molecular formula is C21H22FGeN. The fourth-order valence-corrected chi connectivity index (χ4v) is 6.60. The molecule has 0 aliphatic carbocycles. The van der Waals surface area contributed by atoms with Gasteiger partial charge < -0.3 is 0 Å². The molecule has 0 atom stereocenters. The standard InChI is InChI=1S/C21H22FGeN/c1-15-12-21(24-14-20(15)23(2,3)4)18-11-10-17(13-19(18)22)16-8-6-5-7-9-16/h5-14H,1-4H3. The van der Waals surface area contributed by atoms with Gasteiger partial charge in [-0.1, -0.05) is 0 Å². The van der Waals surface area contributed by atoms with E-state index in [2.05, 4.69) is 29.2 Å². The molecule has 3 aromatic rings. The Morgan fingerprint density at radius 2 is 1.58 bits per heavy atom. The van der Waals surface area contributed by atoms with Gasteiger partial charge in [-0.2, -0.15) is 0 Å². The van der Waals surface area contributed by atoms with Gasteiger partial charge in [-0.3, -0.25) is 0 Å². The van der Waals surface area contributed by atoms with Crippen LogP contribution in [-0.2, 0) is 0 Å². The molecule has 24 heavy (non-hydrogen) atoms. The van der Waals surface area contributed by atoms with E-state index in [1.54, 1.807) is 6.07 Å². The molecule has 2 aromatic carbocycles. The van der Waals surface area contributed by atoms with E-state index in [0.717, 1.165) is 11.1 Å². The summed E-state index contributed by atoms with van der Waals surface area (Å²) >= 11 is -1.93. The Labute approximate surface area is 145 Å². The third-order valence-corrected chi connectivity index (χ3v) is 8.76. The van der Waals surface area contributed by atoms with Crippen LogP contribution in [0.2, 0.25) is 17.3 Å². The molecule has 0 bridgehead atoms. The van der Waals surface area contributed by atoms with E-state index in [-0.39, 0.29) is 5.82 Å². The summed E-state index contributed by atoms with van der Waals surface area (Å²) in [5, 5.41) is 0. The van der Waals surface area contributed by atoms with Gasteiger partial charge in [-0.05, 0) is 0 Å². The van der Waals surface area contributed by atoms with Crippen LogP contribution >= 0.6 is 0 Å². The topological polar surface area (TPSA) is 12.9 Å². The van der Waals surface area contributed by atoms with Crippen LogP contribution in [0.1, 0.15) is 5.56 Å². The zero-order valence-electron chi connectivity index (χ0n) is 14.6. The van der Waals surface area contributed by atoms with Crippen molar-refractivity contribution in [3.05, 3.63) is 72.2 Å². The van der Waals surface area contributed by atoms with Crippen molar-refractivity contribution in [1.29, 1.82) is 0 Å². The van der Waals surface area contributed by atoms with Crippen molar-refractivity contribution in [1.82, 2.24) is 4.98 Å². The molecule has 0 radical (unpaired) electrons. The molecule has 3 heteroatoms. The van der Waals surface area contributed by atoms with Crippen molar-refractivity contribution < 1.29 is 4.39 Å². The average Bonchev–Trinajstić information content (AvgIpc) is 2.54. The summed E-state index contributed by atoms with van der Waals surface area (Å²) in [5.74, 6) is 6.81. The quantitative estimate of drug-likeness (QED) is 0.554. The summed E-state index contributed by atoms with van der Waals surface area (Å²) in [6.07, 6.45) is 1.95. The Morgan fingerprint density at radius 1 is 0.875 bits per heavy atom. The van der Waals surface area contributed by atoms with Gasteiger partial charge in [0.05, 0.1) is 0 Å². The molecule has 3 rings (SSSR count). The minimum absolute atomic E-state index is 0.228. The van der Waals surface area contributed by atoms with E-state index >= 15 is 0 Å². The maximum absolute atomic E-state index is 14.7. The molecule has 0 aliphatic heterocycles. The third-order valence-electron chi connectivity index (χ3n) is 4.27. The van der Waals surface area contributed by atoms with Crippen LogP contribution in [-0.4, -0.2) is 18.3 Å². The fourth-order valence-electron chi connectivity index (χ4n) is 3.02. The molecule has 0 amide bonds. The summed E-state index contributed by atoms with van der Waals surface area (Å²) in [4.78, 5) is 4.55. The Kier molecular flexibility index (Phi) is 4.59. The van der Waals surface area contributed by atoms with Crippen molar-refractivity contribution in [2.75, 3.05) is 0 Å². The molecule has 0 aliphatic rings. The zero-order chi connectivity index (χ0) is 17.3. The van der Waals surface area contributed by atoms with E-state index < -0.39 is 13.3 Å². The number of hydrogen-bond acceptors (Lipinski definition) is 1. The summed E-state index contributed by atoms with van der Waals surface area (Å²) in [6, 6.07) is 17.3. The molecule has 0 unspecified atom stereocenters. The molecule has 1 nitrogen and oxygen atoms in total. The molecule has 0 fully saturated rings. The second kappa shape index (κ2) is 6.52. The van der Waals surface area contributed by atoms with Crippen LogP contribution in [0.25, 0.3) is 22.4 Å². The van der Waals surface area contributed by atoms with Crippen LogP contribution in [0.5, 0.6) is 0 Å². The summed E-state index contributed by atoms with van der Waals surface area (Å²) in [6.45, 7) is 2.10. The molecule has 0 spiro atoms. The SMILES string of the molecule is Cc1cc(-c2ccc(-c3ccccc3)cc2F)nc[c]1[Ge]([CH3])([CH3])[CH3]. The van der Waals surface area contributed by atoms with Crippen LogP contribution < -0.4 is 4.40 Å². The Bertz CT molecular complexity index is 867. The van der Waals surface area contributed by atoms with Gasteiger partial charge in [-0.15, -0.1) is 0 Å². The predicted molar refractivity (Wildman–Crippen MR) is 103 cm³/mol. The third kappa shape index (κ3) is 3.44. The molecule has 122 valence electrons. The first kappa shape index (κ1) is 16.9. The van der Waals surface area contributed by atoms with E-state index in [9.17, 15) is 4.39 Å². The van der Waals surface area contributed by atoms with Gasteiger partial charge in [-0.25, -0.2) is 0 Å². The number of rotatable bonds is 3.